The second kappa shape index (κ2) is 4.79. The fourth-order valence-electron chi connectivity index (χ4n) is 2.26. The molecule has 1 saturated carbocycles. The summed E-state index contributed by atoms with van der Waals surface area (Å²) in [6.07, 6.45) is 10.3. The molecule has 0 heterocycles. The molecule has 0 nitrogen and oxygen atoms in total. The Morgan fingerprint density at radius 3 is 1.64 bits per heavy atom. The second-order valence-corrected chi connectivity index (χ2v) is 3.77. The first-order chi connectivity index (χ1) is 4.83. The minimum Gasteiger partial charge on any atom is -0.0776 e. The van der Waals surface area contributed by atoms with Gasteiger partial charge in [0, 0.05) is 0 Å². The van der Waals surface area contributed by atoms with E-state index in [1.165, 1.54) is 44.9 Å². The molecule has 0 spiro atoms. The summed E-state index contributed by atoms with van der Waals surface area (Å²) < 4.78 is 0. The topological polar surface area (TPSA) is 0 Å². The van der Waals surface area contributed by atoms with E-state index >= 15 is 0 Å². The van der Waals surface area contributed by atoms with E-state index in [-0.39, 0.29) is 7.43 Å². The lowest BCUT2D eigenvalue weighted by Crippen LogP contribution is -2.21. The predicted octanol–water partition coefficient (Wildman–Crippen LogP) is 4.39. The Morgan fingerprint density at radius 2 is 1.36 bits per heavy atom. The average molecular weight is 156 g/mol. The molecular weight excluding hydrogens is 132 g/mol. The van der Waals surface area contributed by atoms with Crippen LogP contribution in [0.15, 0.2) is 0 Å². The third kappa shape index (κ3) is 2.50. The van der Waals surface area contributed by atoms with Crippen LogP contribution in [0, 0.1) is 5.41 Å². The van der Waals surface area contributed by atoms with E-state index in [4.69, 9.17) is 0 Å². The van der Waals surface area contributed by atoms with Gasteiger partial charge < -0.3 is 0 Å². The quantitative estimate of drug-likeness (QED) is 0.556. The van der Waals surface area contributed by atoms with Gasteiger partial charge in [0.05, 0.1) is 0 Å². The Kier molecular flexibility index (Phi) is 4.79. The van der Waals surface area contributed by atoms with Crippen molar-refractivity contribution in [3.8, 4) is 0 Å². The molecule has 1 aliphatic rings. The summed E-state index contributed by atoms with van der Waals surface area (Å²) in [6, 6.07) is 0. The van der Waals surface area contributed by atoms with E-state index in [1.54, 1.807) is 0 Å². The first-order valence-electron chi connectivity index (χ1n) is 4.83. The van der Waals surface area contributed by atoms with E-state index < -0.39 is 0 Å². The van der Waals surface area contributed by atoms with E-state index in [0.29, 0.717) is 0 Å². The summed E-state index contributed by atoms with van der Waals surface area (Å²) in [5.41, 5.74) is 0.762. The number of rotatable bonds is 2. The first kappa shape index (κ1) is 11.0. The Labute approximate surface area is 72.4 Å². The van der Waals surface area contributed by atoms with E-state index in [1.807, 2.05) is 0 Å². The van der Waals surface area contributed by atoms with Crippen LogP contribution in [0.4, 0.5) is 0 Å². The molecule has 0 heteroatoms. The highest BCUT2D eigenvalue weighted by Crippen LogP contribution is 2.41. The van der Waals surface area contributed by atoms with Crippen molar-refractivity contribution in [2.75, 3.05) is 0 Å². The van der Waals surface area contributed by atoms with Crippen molar-refractivity contribution in [2.45, 2.75) is 66.2 Å². The van der Waals surface area contributed by atoms with Gasteiger partial charge in [-0.1, -0.05) is 53.4 Å². The normalized spacial score (nSPS) is 22.4. The zero-order valence-corrected chi connectivity index (χ0v) is 7.45. The Balaban J connectivity index is 0.000001000. The second-order valence-electron chi connectivity index (χ2n) is 3.77. The first-order valence-corrected chi connectivity index (χ1v) is 4.83. The lowest BCUT2D eigenvalue weighted by Gasteiger charge is -2.35. The zero-order chi connectivity index (χ0) is 7.45. The van der Waals surface area contributed by atoms with Gasteiger partial charge in [0.1, 0.15) is 0 Å². The third-order valence-corrected chi connectivity index (χ3v) is 3.41. The maximum Gasteiger partial charge on any atom is -0.0303 e. The van der Waals surface area contributed by atoms with Crippen LogP contribution < -0.4 is 0 Å². The van der Waals surface area contributed by atoms with Crippen LogP contribution in [-0.4, -0.2) is 0 Å². The molecule has 0 amide bonds. The van der Waals surface area contributed by atoms with Gasteiger partial charge in [-0.2, -0.15) is 0 Å². The summed E-state index contributed by atoms with van der Waals surface area (Å²) in [5.74, 6) is 0. The smallest absolute Gasteiger partial charge is 0.0303 e. The van der Waals surface area contributed by atoms with Crippen molar-refractivity contribution in [3.05, 3.63) is 0 Å². The SMILES string of the molecule is C.CCC1(CC)CCCCC1. The highest BCUT2D eigenvalue weighted by atomic mass is 14.3. The molecule has 0 N–H and O–H groups in total. The molecule has 0 aromatic carbocycles. The van der Waals surface area contributed by atoms with Crippen LogP contribution >= 0.6 is 0 Å². The maximum absolute atomic E-state index is 2.36. The van der Waals surface area contributed by atoms with Crippen LogP contribution in [0.3, 0.4) is 0 Å². The summed E-state index contributed by atoms with van der Waals surface area (Å²) in [7, 11) is 0. The van der Waals surface area contributed by atoms with Crippen molar-refractivity contribution < 1.29 is 0 Å². The zero-order valence-electron chi connectivity index (χ0n) is 7.45. The van der Waals surface area contributed by atoms with E-state index in [9.17, 15) is 0 Å². The van der Waals surface area contributed by atoms with Gasteiger partial charge >= 0.3 is 0 Å². The fraction of sp³-hybridized carbons (Fsp3) is 1.00. The van der Waals surface area contributed by atoms with Crippen LogP contribution in [0.1, 0.15) is 66.2 Å². The minimum atomic E-state index is 0. The minimum absolute atomic E-state index is 0. The molecule has 0 bridgehead atoms. The lowest BCUT2D eigenvalue weighted by molar-refractivity contribution is 0.173. The van der Waals surface area contributed by atoms with Crippen molar-refractivity contribution in [2.24, 2.45) is 5.41 Å². The fourth-order valence-corrected chi connectivity index (χ4v) is 2.26. The molecule has 0 radical (unpaired) electrons. The molecule has 1 aliphatic carbocycles. The van der Waals surface area contributed by atoms with Crippen LogP contribution in [-0.2, 0) is 0 Å². The molecule has 68 valence electrons. The average Bonchev–Trinajstić information content (AvgIpc) is 2.06. The van der Waals surface area contributed by atoms with Gasteiger partial charge in [0.15, 0.2) is 0 Å². The molecule has 0 aromatic rings. The molecule has 1 rings (SSSR count). The Bertz CT molecular complexity index is 82.2. The standard InChI is InChI=1S/C10H20.CH4/c1-3-10(4-2)8-6-5-7-9-10;/h3-9H2,1-2H3;1H4. The number of hydrogen-bond acceptors (Lipinski definition) is 0. The molecule has 0 atom stereocenters. The summed E-state index contributed by atoms with van der Waals surface area (Å²) in [5, 5.41) is 0. The summed E-state index contributed by atoms with van der Waals surface area (Å²) in [6.45, 7) is 4.71. The lowest BCUT2D eigenvalue weighted by atomic mass is 9.71. The molecule has 0 aromatic heterocycles. The van der Waals surface area contributed by atoms with Crippen molar-refractivity contribution >= 4 is 0 Å². The highest BCUT2D eigenvalue weighted by molar-refractivity contribution is 4.79. The molecular formula is C11H24. The van der Waals surface area contributed by atoms with Crippen molar-refractivity contribution in [1.82, 2.24) is 0 Å². The maximum atomic E-state index is 2.36. The Hall–Kier alpha value is 0. The molecule has 1 fully saturated rings. The summed E-state index contributed by atoms with van der Waals surface area (Å²) >= 11 is 0. The van der Waals surface area contributed by atoms with Crippen molar-refractivity contribution in [3.63, 3.8) is 0 Å². The largest absolute Gasteiger partial charge is 0.0776 e. The van der Waals surface area contributed by atoms with Crippen LogP contribution in [0.25, 0.3) is 0 Å². The third-order valence-electron chi connectivity index (χ3n) is 3.41. The number of hydrogen-bond donors (Lipinski definition) is 0. The monoisotopic (exact) mass is 156 g/mol. The molecule has 0 unspecified atom stereocenters. The van der Waals surface area contributed by atoms with Gasteiger partial charge in [-0.15, -0.1) is 0 Å². The molecule has 11 heavy (non-hydrogen) atoms. The summed E-state index contributed by atoms with van der Waals surface area (Å²) in [4.78, 5) is 0. The van der Waals surface area contributed by atoms with Crippen molar-refractivity contribution in [1.29, 1.82) is 0 Å². The van der Waals surface area contributed by atoms with E-state index in [0.717, 1.165) is 5.41 Å². The van der Waals surface area contributed by atoms with Gasteiger partial charge in [-0.05, 0) is 18.3 Å². The van der Waals surface area contributed by atoms with Gasteiger partial charge in [0.25, 0.3) is 0 Å². The van der Waals surface area contributed by atoms with Gasteiger partial charge in [0.2, 0.25) is 0 Å². The molecule has 0 saturated heterocycles. The molecule has 0 aliphatic heterocycles. The van der Waals surface area contributed by atoms with Gasteiger partial charge in [-0.3, -0.25) is 0 Å². The van der Waals surface area contributed by atoms with E-state index in [2.05, 4.69) is 13.8 Å². The van der Waals surface area contributed by atoms with Gasteiger partial charge in [-0.25, -0.2) is 0 Å². The highest BCUT2D eigenvalue weighted by Gasteiger charge is 2.27. The Morgan fingerprint density at radius 1 is 0.909 bits per heavy atom. The van der Waals surface area contributed by atoms with Crippen LogP contribution in [0.2, 0.25) is 0 Å². The van der Waals surface area contributed by atoms with Crippen LogP contribution in [0.5, 0.6) is 0 Å². The predicted molar refractivity (Wildman–Crippen MR) is 52.8 cm³/mol.